The van der Waals surface area contributed by atoms with Crippen LogP contribution in [-0.2, 0) is 14.4 Å². The fraction of sp³-hybridized carbons (Fsp3) is 0.724. The Labute approximate surface area is 221 Å². The number of benzene rings is 1. The van der Waals surface area contributed by atoms with Crippen molar-refractivity contribution in [1.29, 1.82) is 0 Å². The summed E-state index contributed by atoms with van der Waals surface area (Å²) in [5.74, 6) is 0.213. The summed E-state index contributed by atoms with van der Waals surface area (Å²) in [6.07, 6.45) is 5.41. The van der Waals surface area contributed by atoms with Crippen LogP contribution in [0, 0.1) is 12.3 Å². The zero-order valence-electron chi connectivity index (χ0n) is 23.3. The molecular weight excluding hydrogens is 468 g/mol. The van der Waals surface area contributed by atoms with E-state index in [4.69, 9.17) is 9.57 Å². The summed E-state index contributed by atoms with van der Waals surface area (Å²) in [5.41, 5.74) is 2.50. The van der Waals surface area contributed by atoms with Crippen molar-refractivity contribution < 1.29 is 19.2 Å². The highest BCUT2D eigenvalue weighted by atomic mass is 16.8. The minimum absolute atomic E-state index is 0.213. The molecule has 37 heavy (non-hydrogen) atoms. The molecule has 204 valence electrons. The van der Waals surface area contributed by atoms with Crippen molar-refractivity contribution in [3.05, 3.63) is 23.8 Å². The van der Waals surface area contributed by atoms with Gasteiger partial charge in [0.05, 0.1) is 5.41 Å². The van der Waals surface area contributed by atoms with Gasteiger partial charge < -0.3 is 19.4 Å². The molecule has 0 aromatic heterocycles. The topological polar surface area (TPSA) is 65.6 Å². The molecule has 4 fully saturated rings. The maximum absolute atomic E-state index is 13.7. The molecule has 0 radical (unpaired) electrons. The molecule has 1 amide bonds. The van der Waals surface area contributed by atoms with Gasteiger partial charge >= 0.3 is 6.16 Å². The zero-order chi connectivity index (χ0) is 26.4. The van der Waals surface area contributed by atoms with Crippen molar-refractivity contribution >= 4 is 23.4 Å². The van der Waals surface area contributed by atoms with Crippen LogP contribution in [-0.4, -0.2) is 79.0 Å². The number of likely N-dealkylation sites (tertiary alicyclic amines) is 1. The molecule has 0 saturated carbocycles. The van der Waals surface area contributed by atoms with Crippen molar-refractivity contribution in [3.8, 4) is 0 Å². The third-order valence-corrected chi connectivity index (χ3v) is 8.86. The molecule has 1 aromatic carbocycles. The zero-order valence-corrected chi connectivity index (χ0v) is 23.3. The fourth-order valence-electron chi connectivity index (χ4n) is 6.78. The summed E-state index contributed by atoms with van der Waals surface area (Å²) >= 11 is 0. The third kappa shape index (κ3) is 5.46. The monoisotopic (exact) mass is 512 g/mol. The van der Waals surface area contributed by atoms with Crippen LogP contribution in [0.3, 0.4) is 0 Å². The average molecular weight is 513 g/mol. The van der Waals surface area contributed by atoms with Crippen LogP contribution in [0.15, 0.2) is 18.2 Å². The number of hydroxylamine groups is 2. The van der Waals surface area contributed by atoms with E-state index in [0.717, 1.165) is 37.3 Å². The van der Waals surface area contributed by atoms with E-state index in [1.807, 2.05) is 25.7 Å². The van der Waals surface area contributed by atoms with Crippen LogP contribution in [0.5, 0.6) is 0 Å². The summed E-state index contributed by atoms with van der Waals surface area (Å²) in [6.45, 7) is 15.2. The van der Waals surface area contributed by atoms with Crippen LogP contribution >= 0.6 is 0 Å². The van der Waals surface area contributed by atoms with Gasteiger partial charge in [-0.25, -0.2) is 4.79 Å². The third-order valence-electron chi connectivity index (χ3n) is 8.86. The second-order valence-electron chi connectivity index (χ2n) is 12.6. The molecule has 1 spiro atoms. The normalized spacial score (nSPS) is 26.9. The lowest BCUT2D eigenvalue weighted by Gasteiger charge is -2.36. The molecule has 0 N–H and O–H groups in total. The van der Waals surface area contributed by atoms with E-state index in [1.165, 1.54) is 31.5 Å². The van der Waals surface area contributed by atoms with E-state index in [9.17, 15) is 9.59 Å². The molecule has 4 aliphatic heterocycles. The molecule has 4 heterocycles. The van der Waals surface area contributed by atoms with Crippen LogP contribution in [0.4, 0.5) is 16.2 Å². The Morgan fingerprint density at radius 3 is 2.41 bits per heavy atom. The van der Waals surface area contributed by atoms with E-state index >= 15 is 0 Å². The van der Waals surface area contributed by atoms with Crippen molar-refractivity contribution in [2.45, 2.75) is 90.8 Å². The van der Waals surface area contributed by atoms with Gasteiger partial charge in [-0.05, 0) is 103 Å². The van der Waals surface area contributed by atoms with Crippen molar-refractivity contribution in [1.82, 2.24) is 9.96 Å². The Hall–Kier alpha value is -2.32. The maximum atomic E-state index is 13.7. The molecule has 4 saturated heterocycles. The number of aryl methyl sites for hydroxylation is 1. The molecule has 0 unspecified atom stereocenters. The van der Waals surface area contributed by atoms with E-state index in [0.29, 0.717) is 38.0 Å². The summed E-state index contributed by atoms with van der Waals surface area (Å²) in [4.78, 5) is 38.3. The molecular formula is C29H44N4O4. The standard InChI is InChI=1S/C29H44N4O4/c1-21-19-23(30-15-10-24(20-30)32-14-6-7-22(32)2)8-9-25(21)33-18-13-29(26(33)34)11-16-31(17-12-29)37-27(35)36-28(3,4)5/h8-9,19,22,24H,6-7,10-18,20H2,1-5H3/t22-,24+/m1/s1. The minimum atomic E-state index is -0.683. The van der Waals surface area contributed by atoms with Crippen LogP contribution in [0.2, 0.25) is 0 Å². The lowest BCUT2D eigenvalue weighted by molar-refractivity contribution is -0.166. The van der Waals surface area contributed by atoms with Gasteiger partial charge in [0.1, 0.15) is 5.60 Å². The van der Waals surface area contributed by atoms with Crippen LogP contribution < -0.4 is 9.80 Å². The van der Waals surface area contributed by atoms with Gasteiger partial charge in [0.25, 0.3) is 0 Å². The van der Waals surface area contributed by atoms with Gasteiger partial charge in [-0.15, -0.1) is 5.06 Å². The van der Waals surface area contributed by atoms with Crippen molar-refractivity contribution in [2.24, 2.45) is 5.41 Å². The Kier molecular flexibility index (Phi) is 7.18. The Balaban J connectivity index is 1.18. The first-order chi connectivity index (χ1) is 17.5. The molecule has 2 atom stereocenters. The summed E-state index contributed by atoms with van der Waals surface area (Å²) in [5, 5.41) is 1.64. The number of hydrogen-bond donors (Lipinski definition) is 0. The predicted octanol–water partition coefficient (Wildman–Crippen LogP) is 4.74. The Bertz CT molecular complexity index is 1010. The summed E-state index contributed by atoms with van der Waals surface area (Å²) < 4.78 is 5.27. The van der Waals surface area contributed by atoms with Crippen LogP contribution in [0.1, 0.15) is 71.8 Å². The highest BCUT2D eigenvalue weighted by Gasteiger charge is 2.49. The van der Waals surface area contributed by atoms with Gasteiger partial charge in [-0.3, -0.25) is 9.69 Å². The SMILES string of the molecule is Cc1cc(N2CC[C@H](N3CCC[C@H]3C)C2)ccc1N1CCC2(CCN(OC(=O)OC(C)(C)C)CC2)C1=O. The number of piperidine rings is 1. The predicted molar refractivity (Wildman–Crippen MR) is 145 cm³/mol. The number of ether oxygens (including phenoxy) is 1. The smallest absolute Gasteiger partial charge is 0.427 e. The number of hydrogen-bond acceptors (Lipinski definition) is 7. The Morgan fingerprint density at radius 2 is 1.76 bits per heavy atom. The highest BCUT2D eigenvalue weighted by molar-refractivity contribution is 6.00. The summed E-state index contributed by atoms with van der Waals surface area (Å²) in [6, 6.07) is 7.98. The quantitative estimate of drug-likeness (QED) is 0.540. The fourth-order valence-corrected chi connectivity index (χ4v) is 6.78. The van der Waals surface area contributed by atoms with Crippen LogP contribution in [0.25, 0.3) is 0 Å². The molecule has 5 rings (SSSR count). The molecule has 8 heteroatoms. The molecule has 8 nitrogen and oxygen atoms in total. The number of carbonyl (C=O) groups excluding carboxylic acids is 2. The number of anilines is 2. The largest absolute Gasteiger partial charge is 0.528 e. The lowest BCUT2D eigenvalue weighted by atomic mass is 9.77. The molecule has 0 aliphatic carbocycles. The number of rotatable bonds is 4. The summed E-state index contributed by atoms with van der Waals surface area (Å²) in [7, 11) is 0. The van der Waals surface area contributed by atoms with Crippen molar-refractivity contribution in [2.75, 3.05) is 49.1 Å². The van der Waals surface area contributed by atoms with E-state index < -0.39 is 11.8 Å². The maximum Gasteiger partial charge on any atom is 0.528 e. The minimum Gasteiger partial charge on any atom is -0.427 e. The van der Waals surface area contributed by atoms with E-state index in [1.54, 1.807) is 5.06 Å². The first-order valence-corrected chi connectivity index (χ1v) is 14.1. The number of carbonyl (C=O) groups is 2. The van der Waals surface area contributed by atoms with Gasteiger partial charge in [-0.2, -0.15) is 0 Å². The lowest BCUT2D eigenvalue weighted by Crippen LogP contribution is -2.45. The van der Waals surface area contributed by atoms with E-state index in [-0.39, 0.29) is 11.3 Å². The molecule has 4 aliphatic rings. The first kappa shape index (κ1) is 26.3. The Morgan fingerprint density at radius 1 is 1.03 bits per heavy atom. The van der Waals surface area contributed by atoms with Gasteiger partial charge in [0, 0.05) is 56.2 Å². The average Bonchev–Trinajstić information content (AvgIpc) is 3.55. The van der Waals surface area contributed by atoms with Crippen molar-refractivity contribution in [3.63, 3.8) is 0 Å². The van der Waals surface area contributed by atoms with Gasteiger partial charge in [-0.1, -0.05) is 0 Å². The molecule has 1 aromatic rings. The second kappa shape index (κ2) is 10.1. The van der Waals surface area contributed by atoms with E-state index in [2.05, 4.69) is 41.8 Å². The number of amides is 1. The first-order valence-electron chi connectivity index (χ1n) is 14.1. The number of nitrogens with zero attached hydrogens (tertiary/aromatic N) is 4. The van der Waals surface area contributed by atoms with Gasteiger partial charge in [0.15, 0.2) is 0 Å². The second-order valence-corrected chi connectivity index (χ2v) is 12.6. The highest BCUT2D eigenvalue weighted by Crippen LogP contribution is 2.44. The molecule has 0 bridgehead atoms. The van der Waals surface area contributed by atoms with Gasteiger partial charge in [0.2, 0.25) is 5.91 Å².